The van der Waals surface area contributed by atoms with E-state index in [9.17, 15) is 0 Å². The number of imidazole rings is 1. The van der Waals surface area contributed by atoms with Crippen molar-refractivity contribution in [3.8, 4) is 11.6 Å². The summed E-state index contributed by atoms with van der Waals surface area (Å²) in [5, 5.41) is 8.44. The number of rotatable bonds is 2. The molecule has 0 N–H and O–H groups in total. The fourth-order valence-corrected chi connectivity index (χ4v) is 7.93. The Hall–Kier alpha value is -6.46. The molecular weight excluding hydrogens is 574 g/mol. The average molecular weight is 600 g/mol. The van der Waals surface area contributed by atoms with Crippen molar-refractivity contribution >= 4 is 82.0 Å². The summed E-state index contributed by atoms with van der Waals surface area (Å²) in [6, 6.07) is 53.9. The topological polar surface area (TPSA) is 40.0 Å². The lowest BCUT2D eigenvalue weighted by Gasteiger charge is -2.13. The molecule has 0 saturated carbocycles. The summed E-state index contributed by atoms with van der Waals surface area (Å²) in [7, 11) is 0. The van der Waals surface area contributed by atoms with Gasteiger partial charge in [0.05, 0.1) is 38.6 Å². The molecular formula is C42H25N5. The number of para-hydroxylation sites is 5. The summed E-state index contributed by atoms with van der Waals surface area (Å²) in [5.41, 5.74) is 8.79. The molecule has 0 radical (unpaired) electrons. The molecule has 0 bridgehead atoms. The van der Waals surface area contributed by atoms with Crippen molar-refractivity contribution in [1.29, 1.82) is 0 Å². The van der Waals surface area contributed by atoms with Crippen LogP contribution in [0.15, 0.2) is 152 Å². The third-order valence-corrected chi connectivity index (χ3v) is 9.81. The lowest BCUT2D eigenvalue weighted by Crippen LogP contribution is -2.03. The molecule has 0 aliphatic rings. The fourth-order valence-electron chi connectivity index (χ4n) is 7.93. The van der Waals surface area contributed by atoms with Gasteiger partial charge in [-0.1, -0.05) is 97.1 Å². The van der Waals surface area contributed by atoms with Crippen LogP contribution in [0.4, 0.5) is 0 Å². The lowest BCUT2D eigenvalue weighted by atomic mass is 10.0. The first-order valence-electron chi connectivity index (χ1n) is 15.9. The Morgan fingerprint density at radius 2 is 0.809 bits per heavy atom. The number of benzene rings is 6. The van der Waals surface area contributed by atoms with E-state index >= 15 is 0 Å². The maximum atomic E-state index is 5.39. The Balaban J connectivity index is 1.27. The third-order valence-electron chi connectivity index (χ3n) is 9.81. The van der Waals surface area contributed by atoms with Crippen molar-refractivity contribution in [3.05, 3.63) is 152 Å². The number of fused-ring (bicyclic) bond motifs is 15. The molecule has 218 valence electrons. The summed E-state index contributed by atoms with van der Waals surface area (Å²) in [6.45, 7) is 0. The van der Waals surface area contributed by atoms with Crippen molar-refractivity contribution in [1.82, 2.24) is 23.5 Å². The first-order valence-corrected chi connectivity index (χ1v) is 15.9. The molecule has 11 rings (SSSR count). The van der Waals surface area contributed by atoms with Crippen LogP contribution in [0.3, 0.4) is 0 Å². The Morgan fingerprint density at radius 3 is 1.51 bits per heavy atom. The van der Waals surface area contributed by atoms with E-state index in [0.717, 1.165) is 61.3 Å². The highest BCUT2D eigenvalue weighted by Crippen LogP contribution is 2.41. The summed E-state index contributed by atoms with van der Waals surface area (Å²) in [4.78, 5) is 10.5. The molecule has 0 aliphatic heterocycles. The highest BCUT2D eigenvalue weighted by molar-refractivity contribution is 6.29. The van der Waals surface area contributed by atoms with Gasteiger partial charge in [0, 0.05) is 32.3 Å². The number of hydrogen-bond donors (Lipinski definition) is 0. The standard InChI is InChI=1S/C42H25N5/c1-2-15-29-28(14-1)40-37(47-35-21-10-6-17-31(35)43-42(29)47)25-24-36-41(40)30-16-5-9-20-34(30)46(36)39-23-11-22-38(44-39)45-32-18-7-3-12-26(32)27-13-4-8-19-33(27)45/h1-25H. The van der Waals surface area contributed by atoms with E-state index in [4.69, 9.17) is 9.97 Å². The van der Waals surface area contributed by atoms with Crippen LogP contribution >= 0.6 is 0 Å². The SMILES string of the molecule is c1cc(-n2c3ccccc3c3ccccc32)nc(-n2c3ccccc3c3c4c5ccccc5c5nc6ccccc6n5c4ccc32)c1. The van der Waals surface area contributed by atoms with Crippen molar-refractivity contribution in [2.75, 3.05) is 0 Å². The zero-order valence-electron chi connectivity index (χ0n) is 25.2. The van der Waals surface area contributed by atoms with E-state index in [0.29, 0.717) is 0 Å². The highest BCUT2D eigenvalue weighted by Gasteiger charge is 2.21. The molecule has 0 fully saturated rings. The van der Waals surface area contributed by atoms with Crippen LogP contribution in [0.1, 0.15) is 0 Å². The molecule has 0 aliphatic carbocycles. The Labute approximate surface area is 268 Å². The minimum absolute atomic E-state index is 0.883. The van der Waals surface area contributed by atoms with Gasteiger partial charge in [-0.2, -0.15) is 0 Å². The number of pyridine rings is 2. The van der Waals surface area contributed by atoms with Crippen LogP contribution < -0.4 is 0 Å². The molecule has 5 heteroatoms. The zero-order chi connectivity index (χ0) is 30.6. The van der Waals surface area contributed by atoms with Crippen LogP contribution in [0, 0.1) is 0 Å². The van der Waals surface area contributed by atoms with E-state index < -0.39 is 0 Å². The Kier molecular flexibility index (Phi) is 4.78. The predicted octanol–water partition coefficient (Wildman–Crippen LogP) is 10.4. The fraction of sp³-hybridized carbons (Fsp3) is 0. The molecule has 0 spiro atoms. The van der Waals surface area contributed by atoms with Crippen molar-refractivity contribution in [2.24, 2.45) is 0 Å². The molecule has 11 aromatic rings. The van der Waals surface area contributed by atoms with Crippen LogP contribution in [0.25, 0.3) is 93.6 Å². The van der Waals surface area contributed by atoms with Crippen LogP contribution in [0.5, 0.6) is 0 Å². The second-order valence-electron chi connectivity index (χ2n) is 12.2. The van der Waals surface area contributed by atoms with Crippen LogP contribution in [-0.2, 0) is 0 Å². The van der Waals surface area contributed by atoms with Gasteiger partial charge >= 0.3 is 0 Å². The normalized spacial score (nSPS) is 12.3. The smallest absolute Gasteiger partial charge is 0.146 e. The van der Waals surface area contributed by atoms with E-state index in [2.05, 4.69) is 165 Å². The second-order valence-corrected chi connectivity index (χ2v) is 12.2. The lowest BCUT2D eigenvalue weighted by molar-refractivity contribution is 1.01. The molecule has 6 aromatic carbocycles. The van der Waals surface area contributed by atoms with Gasteiger partial charge in [0.25, 0.3) is 0 Å². The predicted molar refractivity (Wildman–Crippen MR) is 194 cm³/mol. The van der Waals surface area contributed by atoms with Gasteiger partial charge in [-0.3, -0.25) is 13.5 Å². The maximum absolute atomic E-state index is 5.39. The van der Waals surface area contributed by atoms with E-state index in [1.165, 1.54) is 32.3 Å². The first-order chi connectivity index (χ1) is 23.3. The molecule has 5 nitrogen and oxygen atoms in total. The molecule has 0 amide bonds. The van der Waals surface area contributed by atoms with Gasteiger partial charge in [0.1, 0.15) is 17.3 Å². The minimum Gasteiger partial charge on any atom is -0.294 e. The maximum Gasteiger partial charge on any atom is 0.146 e. The summed E-state index contributed by atoms with van der Waals surface area (Å²) >= 11 is 0. The molecule has 0 unspecified atom stereocenters. The van der Waals surface area contributed by atoms with Crippen LogP contribution in [0.2, 0.25) is 0 Å². The molecule has 47 heavy (non-hydrogen) atoms. The Morgan fingerprint density at radius 1 is 0.319 bits per heavy atom. The van der Waals surface area contributed by atoms with E-state index in [1.54, 1.807) is 0 Å². The van der Waals surface area contributed by atoms with Gasteiger partial charge in [-0.05, 0) is 60.0 Å². The van der Waals surface area contributed by atoms with E-state index in [-0.39, 0.29) is 0 Å². The summed E-state index contributed by atoms with van der Waals surface area (Å²) in [6.07, 6.45) is 0. The first kappa shape index (κ1) is 24.8. The van der Waals surface area contributed by atoms with Gasteiger partial charge < -0.3 is 0 Å². The molecule has 0 atom stereocenters. The largest absolute Gasteiger partial charge is 0.294 e. The highest BCUT2D eigenvalue weighted by atomic mass is 15.1. The molecule has 5 heterocycles. The van der Waals surface area contributed by atoms with Crippen molar-refractivity contribution < 1.29 is 0 Å². The molecule has 5 aromatic heterocycles. The monoisotopic (exact) mass is 599 g/mol. The van der Waals surface area contributed by atoms with Gasteiger partial charge in [-0.25, -0.2) is 9.97 Å². The van der Waals surface area contributed by atoms with Gasteiger partial charge in [0.2, 0.25) is 0 Å². The summed E-state index contributed by atoms with van der Waals surface area (Å²) in [5.74, 6) is 1.78. The number of hydrogen-bond acceptors (Lipinski definition) is 2. The summed E-state index contributed by atoms with van der Waals surface area (Å²) < 4.78 is 6.94. The van der Waals surface area contributed by atoms with Crippen LogP contribution in [-0.4, -0.2) is 23.5 Å². The number of aromatic nitrogens is 5. The quantitative estimate of drug-likeness (QED) is 0.186. The average Bonchev–Trinajstić information content (AvgIpc) is 3.80. The van der Waals surface area contributed by atoms with Gasteiger partial charge in [-0.15, -0.1) is 0 Å². The van der Waals surface area contributed by atoms with Crippen molar-refractivity contribution in [2.45, 2.75) is 0 Å². The Bertz CT molecular complexity index is 3030. The number of nitrogens with zero attached hydrogens (tertiary/aromatic N) is 5. The second kappa shape index (κ2) is 9.05. The van der Waals surface area contributed by atoms with E-state index in [1.807, 2.05) is 0 Å². The zero-order valence-corrected chi connectivity index (χ0v) is 25.2. The van der Waals surface area contributed by atoms with Gasteiger partial charge in [0.15, 0.2) is 0 Å². The van der Waals surface area contributed by atoms with Crippen molar-refractivity contribution in [3.63, 3.8) is 0 Å². The third kappa shape index (κ3) is 3.22. The minimum atomic E-state index is 0.883. The molecule has 0 saturated heterocycles.